The molecule has 6 heteroatoms. The Morgan fingerprint density at radius 1 is 1.14 bits per heavy atom. The van der Waals surface area contributed by atoms with E-state index in [-0.39, 0.29) is 17.6 Å². The van der Waals surface area contributed by atoms with E-state index in [4.69, 9.17) is 4.74 Å². The van der Waals surface area contributed by atoms with Crippen LogP contribution in [0.25, 0.3) is 11.4 Å². The van der Waals surface area contributed by atoms with Crippen LogP contribution in [0.4, 0.5) is 0 Å². The van der Waals surface area contributed by atoms with Gasteiger partial charge in [-0.2, -0.15) is 5.10 Å². The van der Waals surface area contributed by atoms with E-state index in [0.29, 0.717) is 11.4 Å². The molecule has 1 aromatic heterocycles. The fourth-order valence-corrected chi connectivity index (χ4v) is 4.47. The second-order valence-corrected chi connectivity index (χ2v) is 7.68. The number of aromatic amines is 1. The van der Waals surface area contributed by atoms with Gasteiger partial charge in [-0.1, -0.05) is 30.3 Å². The lowest BCUT2D eigenvalue weighted by Gasteiger charge is -2.40. The van der Waals surface area contributed by atoms with Gasteiger partial charge in [0, 0.05) is 23.1 Å². The fraction of sp³-hybridized carbons (Fsp3) is 0.318. The summed E-state index contributed by atoms with van der Waals surface area (Å²) in [5.74, 6) is 1.46. The summed E-state index contributed by atoms with van der Waals surface area (Å²) in [5, 5.41) is 9.97. The van der Waals surface area contributed by atoms with E-state index < -0.39 is 0 Å². The number of nitrogens with zero attached hydrogens (tertiary/aromatic N) is 2. The number of amides is 1. The van der Waals surface area contributed by atoms with Crippen LogP contribution in [0.3, 0.4) is 0 Å². The quantitative estimate of drug-likeness (QED) is 0.725. The SMILES string of the molecule is O=C(NC1CC2(CCCC2)Oc2ccccc21)c1cccc(-c2ncn[nH]2)c1. The van der Waals surface area contributed by atoms with Gasteiger partial charge in [-0.3, -0.25) is 9.89 Å². The van der Waals surface area contributed by atoms with Crippen molar-refractivity contribution in [3.63, 3.8) is 0 Å². The van der Waals surface area contributed by atoms with Crippen LogP contribution in [0, 0.1) is 0 Å². The fourth-order valence-electron chi connectivity index (χ4n) is 4.47. The summed E-state index contributed by atoms with van der Waals surface area (Å²) in [6.07, 6.45) is 6.74. The van der Waals surface area contributed by atoms with Gasteiger partial charge in [-0.25, -0.2) is 4.98 Å². The van der Waals surface area contributed by atoms with Gasteiger partial charge in [-0.05, 0) is 43.9 Å². The molecule has 1 aliphatic carbocycles. The summed E-state index contributed by atoms with van der Waals surface area (Å²) < 4.78 is 6.40. The van der Waals surface area contributed by atoms with Crippen molar-refractivity contribution in [2.24, 2.45) is 0 Å². The zero-order valence-corrected chi connectivity index (χ0v) is 15.5. The van der Waals surface area contributed by atoms with Crippen LogP contribution in [0.5, 0.6) is 5.75 Å². The van der Waals surface area contributed by atoms with Gasteiger partial charge >= 0.3 is 0 Å². The lowest BCUT2D eigenvalue weighted by molar-refractivity contribution is 0.0360. The van der Waals surface area contributed by atoms with Crippen molar-refractivity contribution in [3.8, 4) is 17.1 Å². The third kappa shape index (κ3) is 3.05. The molecule has 1 fully saturated rings. The van der Waals surface area contributed by atoms with E-state index in [0.717, 1.165) is 36.1 Å². The molecule has 0 radical (unpaired) electrons. The first-order valence-corrected chi connectivity index (χ1v) is 9.77. The first-order valence-electron chi connectivity index (χ1n) is 9.77. The van der Waals surface area contributed by atoms with Gasteiger partial charge < -0.3 is 10.1 Å². The number of carbonyl (C=O) groups excluding carboxylic acids is 1. The predicted molar refractivity (Wildman–Crippen MR) is 105 cm³/mol. The molecule has 0 saturated heterocycles. The number of hydrogen-bond donors (Lipinski definition) is 2. The monoisotopic (exact) mass is 374 g/mol. The van der Waals surface area contributed by atoms with Gasteiger partial charge in [-0.15, -0.1) is 0 Å². The van der Waals surface area contributed by atoms with Crippen LogP contribution in [-0.4, -0.2) is 26.7 Å². The third-order valence-electron chi connectivity index (χ3n) is 5.83. The molecule has 6 nitrogen and oxygen atoms in total. The first kappa shape index (κ1) is 17.0. The highest BCUT2D eigenvalue weighted by atomic mass is 16.5. The number of aromatic nitrogens is 3. The Labute approximate surface area is 163 Å². The molecule has 1 saturated carbocycles. The molecule has 0 bridgehead atoms. The van der Waals surface area contributed by atoms with Crippen molar-refractivity contribution in [2.45, 2.75) is 43.7 Å². The minimum Gasteiger partial charge on any atom is -0.487 e. The van der Waals surface area contributed by atoms with Crippen molar-refractivity contribution in [2.75, 3.05) is 0 Å². The Morgan fingerprint density at radius 2 is 2.00 bits per heavy atom. The minimum absolute atomic E-state index is 0.0514. The van der Waals surface area contributed by atoms with E-state index in [1.165, 1.54) is 19.2 Å². The first-order chi connectivity index (χ1) is 13.7. The predicted octanol–water partition coefficient (Wildman–Crippen LogP) is 4.04. The largest absolute Gasteiger partial charge is 0.487 e. The smallest absolute Gasteiger partial charge is 0.251 e. The molecule has 1 aliphatic heterocycles. The van der Waals surface area contributed by atoms with Crippen molar-refractivity contribution in [1.82, 2.24) is 20.5 Å². The zero-order chi connectivity index (χ0) is 19.0. The molecule has 1 unspecified atom stereocenters. The summed E-state index contributed by atoms with van der Waals surface area (Å²) in [6, 6.07) is 15.4. The number of fused-ring (bicyclic) bond motifs is 1. The summed E-state index contributed by atoms with van der Waals surface area (Å²) >= 11 is 0. The van der Waals surface area contributed by atoms with Gasteiger partial charge in [0.2, 0.25) is 0 Å². The third-order valence-corrected chi connectivity index (χ3v) is 5.83. The van der Waals surface area contributed by atoms with Crippen molar-refractivity contribution in [3.05, 3.63) is 66.0 Å². The van der Waals surface area contributed by atoms with E-state index in [2.05, 4.69) is 20.5 Å². The van der Waals surface area contributed by atoms with Crippen molar-refractivity contribution >= 4 is 5.91 Å². The number of benzene rings is 2. The summed E-state index contributed by atoms with van der Waals surface area (Å²) in [5.41, 5.74) is 2.36. The summed E-state index contributed by atoms with van der Waals surface area (Å²) in [7, 11) is 0. The van der Waals surface area contributed by atoms with Crippen LogP contribution in [0.15, 0.2) is 54.9 Å². The highest BCUT2D eigenvalue weighted by molar-refractivity contribution is 5.95. The summed E-state index contributed by atoms with van der Waals surface area (Å²) in [6.45, 7) is 0. The maximum atomic E-state index is 13.0. The van der Waals surface area contributed by atoms with Gasteiger partial charge in [0.15, 0.2) is 5.82 Å². The van der Waals surface area contributed by atoms with E-state index in [1.54, 1.807) is 0 Å². The highest BCUT2D eigenvalue weighted by Gasteiger charge is 2.43. The molecule has 1 amide bonds. The van der Waals surface area contributed by atoms with Crippen molar-refractivity contribution < 1.29 is 9.53 Å². The molecule has 2 N–H and O–H groups in total. The molecule has 3 aromatic rings. The highest BCUT2D eigenvalue weighted by Crippen LogP contribution is 2.47. The van der Waals surface area contributed by atoms with Gasteiger partial charge in [0.05, 0.1) is 6.04 Å². The van der Waals surface area contributed by atoms with Crippen LogP contribution in [0.1, 0.15) is 54.1 Å². The van der Waals surface area contributed by atoms with E-state index in [9.17, 15) is 4.79 Å². The van der Waals surface area contributed by atoms with Crippen molar-refractivity contribution in [1.29, 1.82) is 0 Å². The van der Waals surface area contributed by atoms with Gasteiger partial charge in [0.25, 0.3) is 5.91 Å². The Hall–Kier alpha value is -3.15. The number of H-pyrrole nitrogens is 1. The molecule has 1 spiro atoms. The van der Waals surface area contributed by atoms with Crippen LogP contribution < -0.4 is 10.1 Å². The Bertz CT molecular complexity index is 993. The van der Waals surface area contributed by atoms with E-state index >= 15 is 0 Å². The average Bonchev–Trinajstić information content (AvgIpc) is 3.41. The number of hydrogen-bond acceptors (Lipinski definition) is 4. The topological polar surface area (TPSA) is 79.9 Å². The molecule has 1 atom stereocenters. The van der Waals surface area contributed by atoms with Gasteiger partial charge in [0.1, 0.15) is 17.7 Å². The lowest BCUT2D eigenvalue weighted by Crippen LogP contribution is -2.43. The normalized spacial score (nSPS) is 19.8. The standard InChI is InChI=1S/C22H22N4O2/c27-21(16-7-5-6-15(12-16)20-23-14-24-26-20)25-18-13-22(10-3-4-11-22)28-19-9-2-1-8-17(18)19/h1-2,5-9,12,14,18H,3-4,10-11,13H2,(H,25,27)(H,23,24,26). The Kier molecular flexibility index (Phi) is 4.11. The molecule has 2 aliphatic rings. The second-order valence-electron chi connectivity index (χ2n) is 7.68. The van der Waals surface area contributed by atoms with E-state index in [1.807, 2.05) is 48.5 Å². The Morgan fingerprint density at radius 3 is 2.82 bits per heavy atom. The minimum atomic E-state index is -0.145. The number of ether oxygens (including phenoxy) is 1. The number of nitrogens with one attached hydrogen (secondary N) is 2. The molecule has 142 valence electrons. The van der Waals surface area contributed by atoms with Crippen LogP contribution in [0.2, 0.25) is 0 Å². The number of carbonyl (C=O) groups is 1. The van der Waals surface area contributed by atoms with Crippen LogP contribution in [-0.2, 0) is 0 Å². The maximum absolute atomic E-state index is 13.0. The average molecular weight is 374 g/mol. The van der Waals surface area contributed by atoms with Crippen LogP contribution >= 0.6 is 0 Å². The molecular formula is C22H22N4O2. The zero-order valence-electron chi connectivity index (χ0n) is 15.5. The molecular weight excluding hydrogens is 352 g/mol. The summed E-state index contributed by atoms with van der Waals surface area (Å²) in [4.78, 5) is 17.2. The molecule has 5 rings (SSSR count). The lowest BCUT2D eigenvalue weighted by atomic mass is 9.85. The number of rotatable bonds is 3. The molecule has 2 aromatic carbocycles. The maximum Gasteiger partial charge on any atom is 0.251 e. The number of para-hydroxylation sites is 1. The molecule has 2 heterocycles. The Balaban J connectivity index is 1.42. The second kappa shape index (κ2) is 6.78. The molecule has 28 heavy (non-hydrogen) atoms.